The van der Waals surface area contributed by atoms with E-state index in [1.54, 1.807) is 0 Å². The molecule has 0 heterocycles. The van der Waals surface area contributed by atoms with E-state index in [4.69, 9.17) is 13.3 Å². The molecule has 0 aromatic heterocycles. The zero-order chi connectivity index (χ0) is 14.2. The van der Waals surface area contributed by atoms with E-state index in [1.165, 1.54) is 0 Å². The lowest BCUT2D eigenvalue weighted by atomic mass is 10.7. The Balaban J connectivity index is 5.30. The van der Waals surface area contributed by atoms with Crippen molar-refractivity contribution < 1.29 is 13.3 Å². The Morgan fingerprint density at radius 2 is 1.17 bits per heavy atom. The van der Waals surface area contributed by atoms with Crippen molar-refractivity contribution in [2.24, 2.45) is 4.66 Å². The zero-order valence-electron chi connectivity index (χ0n) is 12.7. The molecule has 0 aromatic carbocycles. The topological polar surface area (TPSA) is 46.5 Å². The van der Waals surface area contributed by atoms with Crippen molar-refractivity contribution in [3.63, 3.8) is 0 Å². The van der Waals surface area contributed by atoms with Gasteiger partial charge in [-0.1, -0.05) is 0 Å². The van der Waals surface area contributed by atoms with Gasteiger partial charge in [-0.05, 0) is 20.8 Å². The van der Waals surface area contributed by atoms with Gasteiger partial charge in [-0.2, -0.15) is 0 Å². The fourth-order valence-corrected chi connectivity index (χ4v) is 3.67. The monoisotopic (exact) mass is 277 g/mol. The summed E-state index contributed by atoms with van der Waals surface area (Å²) in [6.07, 6.45) is 0. The Hall–Kier alpha value is -0.633. The van der Waals surface area contributed by atoms with Crippen molar-refractivity contribution in [1.29, 1.82) is 0 Å². The Kier molecular flexibility index (Phi) is 8.17. The Morgan fingerprint density at radius 3 is 1.39 bits per heavy atom. The lowest BCUT2D eigenvalue weighted by Gasteiger charge is -2.29. The van der Waals surface area contributed by atoms with Crippen LogP contribution in [-0.2, 0) is 13.3 Å². The fraction of sp³-hybridized carbons (Fsp3) is 0.909. The predicted octanol–water partition coefficient (Wildman–Crippen LogP) is 1.01. The highest BCUT2D eigenvalue weighted by Crippen LogP contribution is 2.13. The summed E-state index contributed by atoms with van der Waals surface area (Å²) in [6.45, 7) is 7.30. The summed E-state index contributed by atoms with van der Waals surface area (Å²) in [5.74, 6) is 0.775. The van der Waals surface area contributed by atoms with Crippen LogP contribution in [0.1, 0.15) is 20.8 Å². The summed E-state index contributed by atoms with van der Waals surface area (Å²) >= 11 is 0. The fourth-order valence-electron chi connectivity index (χ4n) is 1.49. The Morgan fingerprint density at radius 1 is 0.833 bits per heavy atom. The van der Waals surface area contributed by atoms with Crippen molar-refractivity contribution >= 4 is 14.9 Å². The molecule has 0 radical (unpaired) electrons. The number of hydrogen-bond acceptors (Lipinski definition) is 4. The molecule has 7 heteroatoms. The molecule has 108 valence electrons. The van der Waals surface area contributed by atoms with E-state index in [2.05, 4.69) is 4.66 Å². The van der Waals surface area contributed by atoms with Gasteiger partial charge in [0.25, 0.3) is 0 Å². The molecular formula is C11H27N3O3Si. The third-order valence-electron chi connectivity index (χ3n) is 2.02. The second kappa shape index (κ2) is 8.47. The second-order valence-electron chi connectivity index (χ2n) is 4.02. The van der Waals surface area contributed by atoms with Crippen LogP contribution in [0.5, 0.6) is 0 Å². The molecule has 0 fully saturated rings. The van der Waals surface area contributed by atoms with Crippen LogP contribution in [0.2, 0.25) is 0 Å². The van der Waals surface area contributed by atoms with Gasteiger partial charge in [-0.25, -0.2) is 4.66 Å². The minimum Gasteiger partial charge on any atom is -0.356 e. The summed E-state index contributed by atoms with van der Waals surface area (Å²) < 4.78 is 21.7. The average molecular weight is 277 g/mol. The number of hydrogen-bond donors (Lipinski definition) is 0. The zero-order valence-corrected chi connectivity index (χ0v) is 13.7. The Bertz CT molecular complexity index is 233. The van der Waals surface area contributed by atoms with Crippen LogP contribution < -0.4 is 0 Å². The highest BCUT2D eigenvalue weighted by atomic mass is 28.4. The van der Waals surface area contributed by atoms with E-state index in [0.29, 0.717) is 19.8 Å². The normalized spacial score (nSPS) is 11.3. The maximum absolute atomic E-state index is 5.69. The van der Waals surface area contributed by atoms with Crippen molar-refractivity contribution in [3.8, 4) is 0 Å². The first kappa shape index (κ1) is 17.4. The van der Waals surface area contributed by atoms with Gasteiger partial charge >= 0.3 is 8.97 Å². The smallest absolute Gasteiger partial charge is 0.356 e. The molecule has 0 aromatic rings. The lowest BCUT2D eigenvalue weighted by molar-refractivity contribution is 0.0723. The molecule has 0 bridgehead atoms. The molecule has 0 unspecified atom stereocenters. The van der Waals surface area contributed by atoms with Crippen molar-refractivity contribution in [3.05, 3.63) is 0 Å². The van der Waals surface area contributed by atoms with Crippen LogP contribution >= 0.6 is 0 Å². The number of rotatable bonds is 7. The second-order valence-corrected chi connectivity index (χ2v) is 6.16. The van der Waals surface area contributed by atoms with Gasteiger partial charge < -0.3 is 23.1 Å². The van der Waals surface area contributed by atoms with E-state index in [0.717, 1.165) is 5.96 Å². The average Bonchev–Trinajstić information content (AvgIpc) is 2.26. The van der Waals surface area contributed by atoms with Crippen LogP contribution in [0.25, 0.3) is 0 Å². The van der Waals surface area contributed by atoms with Gasteiger partial charge in [-0.15, -0.1) is 0 Å². The molecule has 0 aliphatic rings. The summed E-state index contributed by atoms with van der Waals surface area (Å²) in [4.78, 5) is 3.83. The minimum atomic E-state index is -2.98. The highest BCUT2D eigenvalue weighted by molar-refractivity contribution is 6.60. The molecule has 0 atom stereocenters. The molecule has 18 heavy (non-hydrogen) atoms. The summed E-state index contributed by atoms with van der Waals surface area (Å²) in [5, 5.41) is 0. The molecule has 0 aliphatic carbocycles. The van der Waals surface area contributed by atoms with Crippen LogP contribution in [0.3, 0.4) is 0 Å². The van der Waals surface area contributed by atoms with E-state index < -0.39 is 8.97 Å². The van der Waals surface area contributed by atoms with Gasteiger partial charge in [0.05, 0.1) is 0 Å². The van der Waals surface area contributed by atoms with E-state index in [1.807, 2.05) is 58.8 Å². The SMILES string of the molecule is CCO[Si](N=C(N(C)C)N(C)C)(OCC)OCC. The summed E-state index contributed by atoms with van der Waals surface area (Å²) in [6, 6.07) is 0. The molecule has 0 spiro atoms. The molecule has 0 saturated carbocycles. The Labute approximate surface area is 112 Å². The molecule has 0 aliphatic heterocycles. The van der Waals surface area contributed by atoms with Crippen molar-refractivity contribution in [2.75, 3.05) is 48.0 Å². The van der Waals surface area contributed by atoms with Crippen LogP contribution in [0, 0.1) is 0 Å². The third kappa shape index (κ3) is 5.34. The first-order valence-electron chi connectivity index (χ1n) is 6.28. The first-order valence-corrected chi connectivity index (χ1v) is 7.95. The number of guanidine groups is 1. The maximum atomic E-state index is 5.69. The molecule has 6 nitrogen and oxygen atoms in total. The van der Waals surface area contributed by atoms with Crippen LogP contribution in [0.4, 0.5) is 0 Å². The van der Waals surface area contributed by atoms with Gasteiger partial charge in [0, 0.05) is 48.0 Å². The van der Waals surface area contributed by atoms with E-state index in [9.17, 15) is 0 Å². The summed E-state index contributed by atoms with van der Waals surface area (Å²) in [7, 11) is 4.75. The van der Waals surface area contributed by atoms with Crippen molar-refractivity contribution in [2.45, 2.75) is 20.8 Å². The van der Waals surface area contributed by atoms with E-state index >= 15 is 0 Å². The van der Waals surface area contributed by atoms with Crippen LogP contribution in [0.15, 0.2) is 4.66 Å². The van der Waals surface area contributed by atoms with E-state index in [-0.39, 0.29) is 0 Å². The molecule has 0 N–H and O–H groups in total. The maximum Gasteiger partial charge on any atom is 0.655 e. The van der Waals surface area contributed by atoms with Gasteiger partial charge in [-0.3, -0.25) is 0 Å². The minimum absolute atomic E-state index is 0.518. The van der Waals surface area contributed by atoms with Crippen LogP contribution in [-0.4, -0.2) is 72.7 Å². The lowest BCUT2D eigenvalue weighted by Crippen LogP contribution is -2.49. The standard InChI is InChI=1S/C11H27N3O3Si/c1-8-15-18(16-9-2,17-10-3)12-11(13(4)5)14(6)7/h8-10H2,1-7H3. The predicted molar refractivity (Wildman–Crippen MR) is 75.4 cm³/mol. The van der Waals surface area contributed by atoms with Gasteiger partial charge in [0.2, 0.25) is 0 Å². The quantitative estimate of drug-likeness (QED) is 0.395. The molecular weight excluding hydrogens is 250 g/mol. The molecule has 0 saturated heterocycles. The molecule has 0 amide bonds. The number of nitrogens with zero attached hydrogens (tertiary/aromatic N) is 3. The molecule has 0 rings (SSSR count). The summed E-state index contributed by atoms with van der Waals surface area (Å²) in [5.41, 5.74) is 0. The van der Waals surface area contributed by atoms with Gasteiger partial charge in [0.15, 0.2) is 5.96 Å². The largest absolute Gasteiger partial charge is 0.655 e. The third-order valence-corrected chi connectivity index (χ3v) is 4.45. The van der Waals surface area contributed by atoms with Gasteiger partial charge in [0.1, 0.15) is 0 Å². The van der Waals surface area contributed by atoms with Crippen molar-refractivity contribution in [1.82, 2.24) is 9.80 Å². The highest BCUT2D eigenvalue weighted by Gasteiger charge is 2.43. The first-order chi connectivity index (χ1) is 8.42.